The van der Waals surface area contributed by atoms with Crippen LogP contribution in [-0.4, -0.2) is 13.2 Å². The molecule has 0 aliphatic carbocycles. The van der Waals surface area contributed by atoms with Crippen LogP contribution in [0.2, 0.25) is 0 Å². The Kier molecular flexibility index (Phi) is 6.10. The van der Waals surface area contributed by atoms with Gasteiger partial charge >= 0.3 is 0 Å². The number of benzene rings is 1. The molecule has 0 bridgehead atoms. The van der Waals surface area contributed by atoms with Gasteiger partial charge in [0.05, 0.1) is 11.6 Å². The molecule has 0 radical (unpaired) electrons. The summed E-state index contributed by atoms with van der Waals surface area (Å²) >= 11 is 3.48. The molecule has 1 rings (SSSR count). The van der Waals surface area contributed by atoms with Crippen LogP contribution in [0.25, 0.3) is 0 Å². The van der Waals surface area contributed by atoms with Crippen LogP contribution in [-0.2, 0) is 6.54 Å². The van der Waals surface area contributed by atoms with Crippen molar-refractivity contribution in [3.8, 4) is 18.1 Å². The highest BCUT2D eigenvalue weighted by molar-refractivity contribution is 9.10. The summed E-state index contributed by atoms with van der Waals surface area (Å²) < 4.78 is 6.17. The van der Waals surface area contributed by atoms with Crippen molar-refractivity contribution in [3.63, 3.8) is 0 Å². The van der Waals surface area contributed by atoms with Gasteiger partial charge in [-0.05, 0) is 40.0 Å². The first kappa shape index (κ1) is 14.1. The molecule has 92 valence electrons. The minimum Gasteiger partial charge on any atom is -0.496 e. The number of hydrogen-bond acceptors (Lipinski definition) is 2. The Bertz CT molecular complexity index is 398. The Hall–Kier alpha value is -0.980. The van der Waals surface area contributed by atoms with Gasteiger partial charge in [-0.1, -0.05) is 13.0 Å². The summed E-state index contributed by atoms with van der Waals surface area (Å²) in [5.74, 6) is 3.54. The molecule has 0 heterocycles. The molecule has 1 unspecified atom stereocenters. The Labute approximate surface area is 112 Å². The summed E-state index contributed by atoms with van der Waals surface area (Å²) in [7, 11) is 1.66. The van der Waals surface area contributed by atoms with Crippen LogP contribution in [0, 0.1) is 12.3 Å². The summed E-state index contributed by atoms with van der Waals surface area (Å²) in [5, 5.41) is 3.45. The Morgan fingerprint density at radius 3 is 2.82 bits per heavy atom. The molecule has 0 aliphatic heterocycles. The van der Waals surface area contributed by atoms with Gasteiger partial charge in [0.15, 0.2) is 0 Å². The first-order valence-electron chi connectivity index (χ1n) is 5.70. The molecule has 0 spiro atoms. The molecule has 0 saturated heterocycles. The zero-order chi connectivity index (χ0) is 12.7. The van der Waals surface area contributed by atoms with Crippen LogP contribution in [0.1, 0.15) is 25.3 Å². The maximum atomic E-state index is 5.32. The largest absolute Gasteiger partial charge is 0.496 e. The second-order valence-corrected chi connectivity index (χ2v) is 4.72. The van der Waals surface area contributed by atoms with Crippen molar-refractivity contribution in [2.75, 3.05) is 7.11 Å². The highest BCUT2D eigenvalue weighted by Gasteiger charge is 2.05. The topological polar surface area (TPSA) is 21.3 Å². The van der Waals surface area contributed by atoms with E-state index in [-0.39, 0.29) is 0 Å². The lowest BCUT2D eigenvalue weighted by atomic mass is 10.1. The zero-order valence-corrected chi connectivity index (χ0v) is 11.9. The Morgan fingerprint density at radius 1 is 1.53 bits per heavy atom. The van der Waals surface area contributed by atoms with Crippen molar-refractivity contribution < 1.29 is 4.74 Å². The number of ether oxygens (including phenoxy) is 1. The minimum atomic E-state index is 0.390. The number of hydrogen-bond donors (Lipinski definition) is 1. The SMILES string of the molecule is C#CCC(CC)NCc1ccc(OC)c(Br)c1. The monoisotopic (exact) mass is 295 g/mol. The van der Waals surface area contributed by atoms with E-state index < -0.39 is 0 Å². The van der Waals surface area contributed by atoms with E-state index in [9.17, 15) is 0 Å². The van der Waals surface area contributed by atoms with E-state index in [0.717, 1.165) is 29.6 Å². The predicted molar refractivity (Wildman–Crippen MR) is 75.1 cm³/mol. The molecular formula is C14H18BrNO. The fraction of sp³-hybridized carbons (Fsp3) is 0.429. The highest BCUT2D eigenvalue weighted by atomic mass is 79.9. The standard InChI is InChI=1S/C14H18BrNO/c1-4-6-12(5-2)16-10-11-7-8-14(17-3)13(15)9-11/h1,7-9,12,16H,5-6,10H2,2-3H3. The minimum absolute atomic E-state index is 0.390. The average molecular weight is 296 g/mol. The van der Waals surface area contributed by atoms with E-state index in [1.54, 1.807) is 7.11 Å². The second kappa shape index (κ2) is 7.37. The maximum Gasteiger partial charge on any atom is 0.133 e. The van der Waals surface area contributed by atoms with E-state index in [2.05, 4.69) is 46.2 Å². The molecule has 2 nitrogen and oxygen atoms in total. The highest BCUT2D eigenvalue weighted by Crippen LogP contribution is 2.25. The third-order valence-electron chi connectivity index (χ3n) is 2.67. The maximum absolute atomic E-state index is 5.32. The van der Waals surface area contributed by atoms with Gasteiger partial charge in [-0.3, -0.25) is 0 Å². The number of methoxy groups -OCH3 is 1. The molecule has 1 aromatic carbocycles. The van der Waals surface area contributed by atoms with E-state index in [1.807, 2.05) is 6.07 Å². The van der Waals surface area contributed by atoms with Gasteiger partial charge in [0, 0.05) is 19.0 Å². The van der Waals surface area contributed by atoms with E-state index in [0.29, 0.717) is 6.04 Å². The third kappa shape index (κ3) is 4.41. The van der Waals surface area contributed by atoms with E-state index in [1.165, 1.54) is 5.56 Å². The molecule has 1 aromatic rings. The van der Waals surface area contributed by atoms with Crippen molar-refractivity contribution in [1.29, 1.82) is 0 Å². The zero-order valence-electron chi connectivity index (χ0n) is 10.3. The molecule has 0 amide bonds. The lowest BCUT2D eigenvalue weighted by molar-refractivity contribution is 0.411. The molecule has 17 heavy (non-hydrogen) atoms. The molecule has 0 saturated carbocycles. The molecule has 0 fully saturated rings. The van der Waals surface area contributed by atoms with Gasteiger partial charge < -0.3 is 10.1 Å². The average Bonchev–Trinajstić information content (AvgIpc) is 2.34. The van der Waals surface area contributed by atoms with Gasteiger partial charge in [-0.15, -0.1) is 12.3 Å². The quantitative estimate of drug-likeness (QED) is 0.813. The van der Waals surface area contributed by atoms with Crippen molar-refractivity contribution in [2.24, 2.45) is 0 Å². The third-order valence-corrected chi connectivity index (χ3v) is 3.29. The first-order chi connectivity index (χ1) is 8.21. The summed E-state index contributed by atoms with van der Waals surface area (Å²) in [6.07, 6.45) is 7.14. The number of terminal acetylenes is 1. The molecule has 0 aromatic heterocycles. The van der Waals surface area contributed by atoms with Crippen LogP contribution in [0.15, 0.2) is 22.7 Å². The van der Waals surface area contributed by atoms with Gasteiger partial charge in [-0.2, -0.15) is 0 Å². The van der Waals surface area contributed by atoms with Gasteiger partial charge in [0.25, 0.3) is 0 Å². The first-order valence-corrected chi connectivity index (χ1v) is 6.49. The normalized spacial score (nSPS) is 11.9. The molecule has 3 heteroatoms. The fourth-order valence-corrected chi connectivity index (χ4v) is 2.17. The molecule has 0 aliphatic rings. The summed E-state index contributed by atoms with van der Waals surface area (Å²) in [6, 6.07) is 6.47. The lowest BCUT2D eigenvalue weighted by Crippen LogP contribution is -2.27. The van der Waals surface area contributed by atoms with Gasteiger partial charge in [-0.25, -0.2) is 0 Å². The van der Waals surface area contributed by atoms with E-state index in [4.69, 9.17) is 11.2 Å². The van der Waals surface area contributed by atoms with E-state index >= 15 is 0 Å². The Morgan fingerprint density at radius 2 is 2.29 bits per heavy atom. The summed E-state index contributed by atoms with van der Waals surface area (Å²) in [4.78, 5) is 0. The molecule has 1 atom stereocenters. The van der Waals surface area contributed by atoms with Crippen LogP contribution in [0.5, 0.6) is 5.75 Å². The number of nitrogens with one attached hydrogen (secondary N) is 1. The lowest BCUT2D eigenvalue weighted by Gasteiger charge is -2.14. The van der Waals surface area contributed by atoms with Gasteiger partial charge in [0.2, 0.25) is 0 Å². The van der Waals surface area contributed by atoms with Crippen molar-refractivity contribution in [2.45, 2.75) is 32.4 Å². The van der Waals surface area contributed by atoms with Crippen LogP contribution < -0.4 is 10.1 Å². The second-order valence-electron chi connectivity index (χ2n) is 3.86. The Balaban J connectivity index is 2.57. The fourth-order valence-electron chi connectivity index (χ4n) is 1.59. The molecular weight excluding hydrogens is 278 g/mol. The van der Waals surface area contributed by atoms with Crippen LogP contribution in [0.3, 0.4) is 0 Å². The smallest absolute Gasteiger partial charge is 0.133 e. The van der Waals surface area contributed by atoms with Crippen molar-refractivity contribution in [1.82, 2.24) is 5.32 Å². The molecule has 1 N–H and O–H groups in total. The van der Waals surface area contributed by atoms with Crippen LogP contribution >= 0.6 is 15.9 Å². The summed E-state index contributed by atoms with van der Waals surface area (Å²) in [6.45, 7) is 2.96. The summed E-state index contributed by atoms with van der Waals surface area (Å²) in [5.41, 5.74) is 1.22. The van der Waals surface area contributed by atoms with Crippen molar-refractivity contribution >= 4 is 15.9 Å². The number of halogens is 1. The van der Waals surface area contributed by atoms with Crippen molar-refractivity contribution in [3.05, 3.63) is 28.2 Å². The number of rotatable bonds is 6. The van der Waals surface area contributed by atoms with Gasteiger partial charge in [0.1, 0.15) is 5.75 Å². The van der Waals surface area contributed by atoms with Crippen LogP contribution in [0.4, 0.5) is 0 Å². The predicted octanol–water partition coefficient (Wildman–Crippen LogP) is 3.35.